The summed E-state index contributed by atoms with van der Waals surface area (Å²) in [6.07, 6.45) is 2.16. The van der Waals surface area contributed by atoms with Crippen molar-refractivity contribution in [2.75, 3.05) is 25.4 Å². The maximum atomic E-state index is 12.5. The van der Waals surface area contributed by atoms with Crippen LogP contribution in [-0.2, 0) is 20.4 Å². The highest BCUT2D eigenvalue weighted by Crippen LogP contribution is 2.46. The molecule has 1 aliphatic carbocycles. The first-order valence-electron chi connectivity index (χ1n) is 9.46. The van der Waals surface area contributed by atoms with Crippen molar-refractivity contribution in [2.45, 2.75) is 31.2 Å². The van der Waals surface area contributed by atoms with Crippen LogP contribution in [0.5, 0.6) is 5.75 Å². The molecule has 3 rings (SSSR count). The van der Waals surface area contributed by atoms with Crippen molar-refractivity contribution >= 4 is 22.0 Å². The molecule has 1 saturated heterocycles. The van der Waals surface area contributed by atoms with Crippen molar-refractivity contribution in [3.63, 3.8) is 0 Å². The number of benzene rings is 1. The van der Waals surface area contributed by atoms with Crippen molar-refractivity contribution < 1.29 is 31.5 Å². The van der Waals surface area contributed by atoms with Gasteiger partial charge in [-0.3, -0.25) is 10.1 Å². The van der Waals surface area contributed by atoms with Gasteiger partial charge in [0.15, 0.2) is 0 Å². The Morgan fingerprint density at radius 1 is 1.27 bits per heavy atom. The second-order valence-electron chi connectivity index (χ2n) is 7.23. The molecular weight excluding hydrogens is 420 g/mol. The molecule has 1 heterocycles. The van der Waals surface area contributed by atoms with E-state index >= 15 is 0 Å². The molecule has 0 atom stereocenters. The molecule has 0 bridgehead atoms. The standard InChI is InChI=1S/C19H23F2N3O5S/c20-16(21)13-29-15-6-4-5-14(11-15)19(7-8-19)23-30(27,28)10-3-1-2-9-24-12-17(25)22-18(24)26/h1-2,4-6,11,16,23H,3,7-10,12-13H2,(H,22,25,26)/b2-1+. The lowest BCUT2D eigenvalue weighted by Crippen LogP contribution is -2.36. The Morgan fingerprint density at radius 2 is 2.03 bits per heavy atom. The van der Waals surface area contributed by atoms with Gasteiger partial charge < -0.3 is 9.64 Å². The van der Waals surface area contributed by atoms with Crippen molar-refractivity contribution in [2.24, 2.45) is 0 Å². The lowest BCUT2D eigenvalue weighted by atomic mass is 10.1. The Balaban J connectivity index is 1.51. The number of nitrogens with zero attached hydrogens (tertiary/aromatic N) is 1. The Hall–Kier alpha value is -2.53. The highest BCUT2D eigenvalue weighted by molar-refractivity contribution is 7.89. The fourth-order valence-electron chi connectivity index (χ4n) is 3.14. The molecule has 2 aliphatic rings. The van der Waals surface area contributed by atoms with E-state index in [4.69, 9.17) is 4.74 Å². The van der Waals surface area contributed by atoms with E-state index in [9.17, 15) is 26.8 Å². The van der Waals surface area contributed by atoms with Crippen LogP contribution in [0.3, 0.4) is 0 Å². The van der Waals surface area contributed by atoms with Gasteiger partial charge in [-0.15, -0.1) is 0 Å². The number of halogens is 2. The molecule has 11 heteroatoms. The highest BCUT2D eigenvalue weighted by Gasteiger charge is 2.47. The average Bonchev–Trinajstić information content (AvgIpc) is 3.37. The third kappa shape index (κ3) is 5.99. The summed E-state index contributed by atoms with van der Waals surface area (Å²) in [4.78, 5) is 23.8. The minimum Gasteiger partial charge on any atom is -0.488 e. The normalized spacial score (nSPS) is 18.3. The molecule has 3 amide bonds. The summed E-state index contributed by atoms with van der Waals surface area (Å²) in [5.41, 5.74) is -0.0566. The number of ether oxygens (including phenoxy) is 1. The van der Waals surface area contributed by atoms with Crippen molar-refractivity contribution in [1.29, 1.82) is 0 Å². The zero-order valence-corrected chi connectivity index (χ0v) is 17.0. The SMILES string of the molecule is O=C1CN(C/C=C/CCS(=O)(=O)NC2(c3cccc(OCC(F)F)c3)CC2)C(=O)N1. The summed E-state index contributed by atoms with van der Waals surface area (Å²) in [7, 11) is -3.59. The zero-order valence-electron chi connectivity index (χ0n) is 16.1. The minimum absolute atomic E-state index is 0.00829. The first kappa shape index (κ1) is 22.2. The molecule has 0 spiro atoms. The zero-order chi connectivity index (χ0) is 21.8. The van der Waals surface area contributed by atoms with Gasteiger partial charge in [0, 0.05) is 6.54 Å². The molecule has 164 valence electrons. The third-order valence-corrected chi connectivity index (χ3v) is 6.25. The molecule has 2 fully saturated rings. The van der Waals surface area contributed by atoms with E-state index in [0.717, 1.165) is 0 Å². The van der Waals surface area contributed by atoms with E-state index in [1.165, 1.54) is 4.90 Å². The number of nitrogens with one attached hydrogen (secondary N) is 2. The smallest absolute Gasteiger partial charge is 0.324 e. The number of alkyl halides is 2. The number of amides is 3. The highest BCUT2D eigenvalue weighted by atomic mass is 32.2. The Bertz CT molecular complexity index is 932. The van der Waals surface area contributed by atoms with Crippen LogP contribution in [0.4, 0.5) is 13.6 Å². The van der Waals surface area contributed by atoms with E-state index in [2.05, 4.69) is 10.0 Å². The maximum absolute atomic E-state index is 12.5. The topological polar surface area (TPSA) is 105 Å². The molecular formula is C19H23F2N3O5S. The first-order chi connectivity index (χ1) is 14.2. The molecule has 30 heavy (non-hydrogen) atoms. The number of hydrogen-bond acceptors (Lipinski definition) is 5. The Kier molecular flexibility index (Phi) is 6.71. The average molecular weight is 443 g/mol. The molecule has 1 aromatic carbocycles. The van der Waals surface area contributed by atoms with E-state index in [1.807, 2.05) is 0 Å². The molecule has 0 radical (unpaired) electrons. The minimum atomic E-state index is -3.59. The maximum Gasteiger partial charge on any atom is 0.324 e. The number of imide groups is 1. The van der Waals surface area contributed by atoms with E-state index < -0.39 is 34.6 Å². The van der Waals surface area contributed by atoms with E-state index in [-0.39, 0.29) is 36.9 Å². The summed E-state index contributed by atoms with van der Waals surface area (Å²) in [6, 6.07) is 6.06. The van der Waals surface area contributed by atoms with Gasteiger partial charge in [0.2, 0.25) is 15.9 Å². The number of urea groups is 1. The molecule has 2 N–H and O–H groups in total. The monoisotopic (exact) mass is 443 g/mol. The fourth-order valence-corrected chi connectivity index (χ4v) is 4.61. The second-order valence-corrected chi connectivity index (χ2v) is 9.07. The van der Waals surface area contributed by atoms with Crippen LogP contribution >= 0.6 is 0 Å². The molecule has 0 aromatic heterocycles. The van der Waals surface area contributed by atoms with Crippen LogP contribution in [0.15, 0.2) is 36.4 Å². The molecule has 1 saturated carbocycles. The van der Waals surface area contributed by atoms with E-state index in [0.29, 0.717) is 18.4 Å². The number of allylic oxidation sites excluding steroid dienone is 1. The third-order valence-electron chi connectivity index (χ3n) is 4.78. The lowest BCUT2D eigenvalue weighted by Gasteiger charge is -2.19. The van der Waals surface area contributed by atoms with Crippen LogP contribution in [0.2, 0.25) is 0 Å². The van der Waals surface area contributed by atoms with Gasteiger partial charge in [0.05, 0.1) is 11.3 Å². The molecule has 0 unspecified atom stereocenters. The van der Waals surface area contributed by atoms with E-state index in [1.54, 1.807) is 36.4 Å². The second kappa shape index (κ2) is 9.09. The van der Waals surface area contributed by atoms with Gasteiger partial charge in [-0.05, 0) is 37.0 Å². The van der Waals surface area contributed by atoms with Crippen LogP contribution in [0, 0.1) is 0 Å². The number of carbonyl (C=O) groups is 2. The summed E-state index contributed by atoms with van der Waals surface area (Å²) < 4.78 is 57.3. The van der Waals surface area contributed by atoms with Crippen LogP contribution < -0.4 is 14.8 Å². The number of hydrogen-bond donors (Lipinski definition) is 2. The van der Waals surface area contributed by atoms with Crippen LogP contribution in [0.1, 0.15) is 24.8 Å². The van der Waals surface area contributed by atoms with Crippen molar-refractivity contribution in [3.05, 3.63) is 42.0 Å². The van der Waals surface area contributed by atoms with Gasteiger partial charge in [-0.2, -0.15) is 0 Å². The van der Waals surface area contributed by atoms with Crippen LogP contribution in [0.25, 0.3) is 0 Å². The Labute approximate surface area is 173 Å². The van der Waals surface area contributed by atoms with Gasteiger partial charge in [-0.25, -0.2) is 26.7 Å². The molecule has 8 nitrogen and oxygen atoms in total. The van der Waals surface area contributed by atoms with Crippen molar-refractivity contribution in [3.8, 4) is 5.75 Å². The number of carbonyl (C=O) groups excluding carboxylic acids is 2. The fraction of sp³-hybridized carbons (Fsp3) is 0.474. The van der Waals surface area contributed by atoms with Gasteiger partial charge in [0.25, 0.3) is 6.43 Å². The van der Waals surface area contributed by atoms with Crippen LogP contribution in [-0.4, -0.2) is 57.1 Å². The predicted molar refractivity (Wildman–Crippen MR) is 105 cm³/mol. The first-order valence-corrected chi connectivity index (χ1v) is 11.1. The largest absolute Gasteiger partial charge is 0.488 e. The molecule has 1 aromatic rings. The summed E-state index contributed by atoms with van der Waals surface area (Å²) in [5.74, 6) is -0.234. The Morgan fingerprint density at radius 3 is 2.67 bits per heavy atom. The summed E-state index contributed by atoms with van der Waals surface area (Å²) >= 11 is 0. The number of sulfonamides is 1. The van der Waals surface area contributed by atoms with Gasteiger partial charge in [-0.1, -0.05) is 24.3 Å². The van der Waals surface area contributed by atoms with Gasteiger partial charge >= 0.3 is 6.03 Å². The molecule has 1 aliphatic heterocycles. The summed E-state index contributed by atoms with van der Waals surface area (Å²) in [6.45, 7) is -0.506. The predicted octanol–water partition coefficient (Wildman–Crippen LogP) is 1.74. The van der Waals surface area contributed by atoms with Crippen molar-refractivity contribution in [1.82, 2.24) is 14.9 Å². The lowest BCUT2D eigenvalue weighted by molar-refractivity contribution is -0.118. The summed E-state index contributed by atoms with van der Waals surface area (Å²) in [5, 5.41) is 2.16. The number of rotatable bonds is 11. The van der Waals surface area contributed by atoms with Gasteiger partial charge in [0.1, 0.15) is 18.9 Å². The quantitative estimate of drug-likeness (QED) is 0.400.